The van der Waals surface area contributed by atoms with E-state index in [0.29, 0.717) is 6.07 Å². The first-order valence-electron chi connectivity index (χ1n) is 5.53. The van der Waals surface area contributed by atoms with Crippen LogP contribution in [0.25, 0.3) is 16.7 Å². The second-order valence-electron chi connectivity index (χ2n) is 4.12. The van der Waals surface area contributed by atoms with Crippen molar-refractivity contribution in [1.82, 2.24) is 9.55 Å². The Labute approximate surface area is 115 Å². The van der Waals surface area contributed by atoms with Crippen molar-refractivity contribution < 1.29 is 17.6 Å². The summed E-state index contributed by atoms with van der Waals surface area (Å²) in [6, 6.07) is 5.00. The second-order valence-corrected chi connectivity index (χ2v) is 4.51. The summed E-state index contributed by atoms with van der Waals surface area (Å²) in [6.45, 7) is 0. The van der Waals surface area contributed by atoms with Gasteiger partial charge in [0.25, 0.3) is 0 Å². The van der Waals surface area contributed by atoms with Crippen LogP contribution in [0.3, 0.4) is 0 Å². The summed E-state index contributed by atoms with van der Waals surface area (Å²) < 4.78 is 55.0. The van der Waals surface area contributed by atoms with Gasteiger partial charge in [0.1, 0.15) is 17.2 Å². The van der Waals surface area contributed by atoms with Gasteiger partial charge in [0.2, 0.25) is 0 Å². The standard InChI is InChI=1S/C13H6F4N2S/c14-6-1-4-10(8(16)5-6)19-12-9(18-13(19)20)3-2-7(15)11(12)17/h1-5H,(H,18,20). The Hall–Kier alpha value is -2.15. The van der Waals surface area contributed by atoms with Gasteiger partial charge in [0, 0.05) is 6.07 Å². The lowest BCUT2D eigenvalue weighted by Crippen LogP contribution is -2.00. The molecule has 1 aromatic heterocycles. The number of rotatable bonds is 1. The SMILES string of the molecule is Fc1ccc(-n2c(=S)[nH]c3ccc(F)c(F)c32)c(F)c1. The number of H-pyrrole nitrogens is 1. The Morgan fingerprint density at radius 3 is 2.40 bits per heavy atom. The number of aromatic amines is 1. The zero-order chi connectivity index (χ0) is 14.4. The molecule has 0 fully saturated rings. The number of halogens is 4. The Bertz CT molecular complexity index is 882. The van der Waals surface area contributed by atoms with Gasteiger partial charge >= 0.3 is 0 Å². The molecule has 0 saturated heterocycles. The highest BCUT2D eigenvalue weighted by Crippen LogP contribution is 2.25. The van der Waals surface area contributed by atoms with Crippen LogP contribution >= 0.6 is 12.2 Å². The molecule has 0 aliphatic carbocycles. The molecule has 3 rings (SSSR count). The number of hydrogen-bond acceptors (Lipinski definition) is 1. The number of imidazole rings is 1. The van der Waals surface area contributed by atoms with Crippen LogP contribution in [0.15, 0.2) is 30.3 Å². The first-order valence-corrected chi connectivity index (χ1v) is 5.94. The number of nitrogens with zero attached hydrogens (tertiary/aromatic N) is 1. The van der Waals surface area contributed by atoms with Gasteiger partial charge in [-0.15, -0.1) is 0 Å². The molecule has 0 saturated carbocycles. The van der Waals surface area contributed by atoms with E-state index >= 15 is 0 Å². The Balaban J connectivity index is 2.44. The lowest BCUT2D eigenvalue weighted by molar-refractivity contribution is 0.513. The number of nitrogens with one attached hydrogen (secondary N) is 1. The Morgan fingerprint density at radius 2 is 1.70 bits per heavy atom. The third-order valence-corrected chi connectivity index (χ3v) is 3.17. The molecule has 0 aliphatic heterocycles. The zero-order valence-electron chi connectivity index (χ0n) is 9.75. The molecule has 7 heteroatoms. The molecule has 0 amide bonds. The molecular formula is C13H6F4N2S. The molecule has 0 radical (unpaired) electrons. The first-order chi connectivity index (χ1) is 9.49. The van der Waals surface area contributed by atoms with E-state index in [9.17, 15) is 17.6 Å². The smallest absolute Gasteiger partial charge is 0.184 e. The van der Waals surface area contributed by atoms with Gasteiger partial charge in [-0.25, -0.2) is 17.6 Å². The third kappa shape index (κ3) is 1.82. The fraction of sp³-hybridized carbons (Fsp3) is 0. The molecule has 0 atom stereocenters. The summed E-state index contributed by atoms with van der Waals surface area (Å²) in [6.07, 6.45) is 0. The summed E-state index contributed by atoms with van der Waals surface area (Å²) in [4.78, 5) is 2.65. The van der Waals surface area contributed by atoms with Crippen molar-refractivity contribution in [1.29, 1.82) is 0 Å². The highest BCUT2D eigenvalue weighted by molar-refractivity contribution is 7.71. The molecule has 2 aromatic carbocycles. The number of benzene rings is 2. The van der Waals surface area contributed by atoms with Gasteiger partial charge < -0.3 is 4.98 Å². The molecule has 0 aliphatic rings. The van der Waals surface area contributed by atoms with E-state index in [2.05, 4.69) is 4.98 Å². The van der Waals surface area contributed by atoms with Crippen molar-refractivity contribution in [2.24, 2.45) is 0 Å². The van der Waals surface area contributed by atoms with Crippen LogP contribution < -0.4 is 0 Å². The predicted octanol–water partition coefficient (Wildman–Crippen LogP) is 4.24. The first kappa shape index (κ1) is 12.9. The number of hydrogen-bond donors (Lipinski definition) is 1. The molecule has 1 heterocycles. The van der Waals surface area contributed by atoms with E-state index in [-0.39, 0.29) is 21.5 Å². The van der Waals surface area contributed by atoms with Crippen LogP contribution in [0.2, 0.25) is 0 Å². The van der Waals surface area contributed by atoms with Crippen LogP contribution in [-0.4, -0.2) is 9.55 Å². The second kappa shape index (κ2) is 4.45. The minimum atomic E-state index is -1.15. The van der Waals surface area contributed by atoms with Gasteiger partial charge in [-0.05, 0) is 36.5 Å². The maximum Gasteiger partial charge on any atom is 0.184 e. The fourth-order valence-corrected chi connectivity index (χ4v) is 2.32. The normalized spacial score (nSPS) is 11.2. The van der Waals surface area contributed by atoms with Crippen molar-refractivity contribution in [3.8, 4) is 5.69 Å². The van der Waals surface area contributed by atoms with E-state index in [0.717, 1.165) is 22.8 Å². The predicted molar refractivity (Wildman–Crippen MR) is 68.3 cm³/mol. The lowest BCUT2D eigenvalue weighted by Gasteiger charge is -2.07. The quantitative estimate of drug-likeness (QED) is 0.526. The van der Waals surface area contributed by atoms with Crippen molar-refractivity contribution in [2.45, 2.75) is 0 Å². The summed E-state index contributed by atoms with van der Waals surface area (Å²) in [5.41, 5.74) is -0.162. The van der Waals surface area contributed by atoms with E-state index in [1.165, 1.54) is 6.07 Å². The van der Waals surface area contributed by atoms with Gasteiger partial charge in [0.15, 0.2) is 16.4 Å². The van der Waals surface area contributed by atoms with E-state index in [4.69, 9.17) is 12.2 Å². The summed E-state index contributed by atoms with van der Waals surface area (Å²) in [7, 11) is 0. The molecule has 3 aromatic rings. The number of fused-ring (bicyclic) bond motifs is 1. The van der Waals surface area contributed by atoms with Crippen molar-refractivity contribution in [3.63, 3.8) is 0 Å². The Morgan fingerprint density at radius 1 is 0.950 bits per heavy atom. The van der Waals surface area contributed by atoms with Crippen molar-refractivity contribution in [3.05, 3.63) is 58.4 Å². The van der Waals surface area contributed by atoms with Gasteiger partial charge in [-0.2, -0.15) is 0 Å². The molecule has 0 bridgehead atoms. The van der Waals surface area contributed by atoms with Crippen LogP contribution in [-0.2, 0) is 0 Å². The van der Waals surface area contributed by atoms with Gasteiger partial charge in [-0.3, -0.25) is 4.57 Å². The minimum absolute atomic E-state index is 0.0185. The summed E-state index contributed by atoms with van der Waals surface area (Å²) in [5.74, 6) is -3.93. The topological polar surface area (TPSA) is 20.7 Å². The van der Waals surface area contributed by atoms with E-state index in [1.54, 1.807) is 0 Å². The molecule has 20 heavy (non-hydrogen) atoms. The molecule has 102 valence electrons. The molecule has 0 spiro atoms. The molecule has 2 nitrogen and oxygen atoms in total. The summed E-state index contributed by atoms with van der Waals surface area (Å²) >= 11 is 4.99. The van der Waals surface area contributed by atoms with E-state index < -0.39 is 23.3 Å². The number of aromatic nitrogens is 2. The highest BCUT2D eigenvalue weighted by Gasteiger charge is 2.17. The zero-order valence-corrected chi connectivity index (χ0v) is 10.6. The monoisotopic (exact) mass is 298 g/mol. The Kier molecular flexibility index (Phi) is 2.86. The largest absolute Gasteiger partial charge is 0.330 e. The van der Waals surface area contributed by atoms with Crippen LogP contribution in [0.1, 0.15) is 0 Å². The maximum atomic E-state index is 13.9. The summed E-state index contributed by atoms with van der Waals surface area (Å²) in [5, 5.41) is 0. The van der Waals surface area contributed by atoms with E-state index in [1.807, 2.05) is 0 Å². The van der Waals surface area contributed by atoms with Crippen molar-refractivity contribution >= 4 is 23.3 Å². The molecular weight excluding hydrogens is 292 g/mol. The van der Waals surface area contributed by atoms with Crippen LogP contribution in [0.5, 0.6) is 0 Å². The average Bonchev–Trinajstić information content (AvgIpc) is 2.72. The fourth-order valence-electron chi connectivity index (χ4n) is 2.02. The van der Waals surface area contributed by atoms with Crippen molar-refractivity contribution in [2.75, 3.05) is 0 Å². The maximum absolute atomic E-state index is 13.9. The minimum Gasteiger partial charge on any atom is -0.330 e. The highest BCUT2D eigenvalue weighted by atomic mass is 32.1. The average molecular weight is 298 g/mol. The van der Waals surface area contributed by atoms with Gasteiger partial charge in [0.05, 0.1) is 11.2 Å². The lowest BCUT2D eigenvalue weighted by atomic mass is 10.2. The molecule has 1 N–H and O–H groups in total. The molecule has 0 unspecified atom stereocenters. The van der Waals surface area contributed by atoms with Gasteiger partial charge in [-0.1, -0.05) is 0 Å². The third-order valence-electron chi connectivity index (χ3n) is 2.89. The van der Waals surface area contributed by atoms with Crippen LogP contribution in [0, 0.1) is 28.0 Å². The van der Waals surface area contributed by atoms with Crippen LogP contribution in [0.4, 0.5) is 17.6 Å².